The van der Waals surface area contributed by atoms with Crippen LogP contribution in [0.4, 0.5) is 0 Å². The number of carboxylic acids is 1. The fraction of sp³-hybridized carbons (Fsp3) is 0.417. The summed E-state index contributed by atoms with van der Waals surface area (Å²) in [6.45, 7) is 1.91. The minimum Gasteiger partial charge on any atom is -0.508 e. The van der Waals surface area contributed by atoms with Crippen LogP contribution >= 0.6 is 0 Å². The van der Waals surface area contributed by atoms with Crippen LogP contribution in [0.2, 0.25) is 0 Å². The van der Waals surface area contributed by atoms with Crippen LogP contribution in [0.15, 0.2) is 18.2 Å². The molecule has 0 heterocycles. The molecule has 1 aromatic carbocycles. The molecule has 1 aromatic rings. The second-order valence-electron chi connectivity index (χ2n) is 4.16. The van der Waals surface area contributed by atoms with Crippen LogP contribution < -0.4 is 0 Å². The summed E-state index contributed by atoms with van der Waals surface area (Å²) < 4.78 is 0. The fourth-order valence-electron chi connectivity index (χ4n) is 2.35. The summed E-state index contributed by atoms with van der Waals surface area (Å²) in [6.07, 6.45) is 1.48. The molecule has 2 atom stereocenters. The van der Waals surface area contributed by atoms with Gasteiger partial charge in [-0.15, -0.1) is 0 Å². The average molecular weight is 206 g/mol. The highest BCUT2D eigenvalue weighted by atomic mass is 16.4. The third kappa shape index (κ3) is 1.69. The molecule has 0 radical (unpaired) electrons. The topological polar surface area (TPSA) is 57.5 Å². The number of phenolic OH excluding ortho intramolecular Hbond substituents is 1. The molecule has 0 spiro atoms. The summed E-state index contributed by atoms with van der Waals surface area (Å²) in [5.74, 6) is -0.860. The van der Waals surface area contributed by atoms with E-state index >= 15 is 0 Å². The summed E-state index contributed by atoms with van der Waals surface area (Å²) in [5, 5.41) is 18.4. The van der Waals surface area contributed by atoms with Gasteiger partial charge < -0.3 is 10.2 Å². The molecule has 15 heavy (non-hydrogen) atoms. The van der Waals surface area contributed by atoms with E-state index < -0.39 is 5.97 Å². The second-order valence-corrected chi connectivity index (χ2v) is 4.16. The van der Waals surface area contributed by atoms with Crippen LogP contribution in [-0.2, 0) is 11.2 Å². The molecule has 80 valence electrons. The van der Waals surface area contributed by atoms with Gasteiger partial charge in [0.25, 0.3) is 0 Å². The summed E-state index contributed by atoms with van der Waals surface area (Å²) in [6, 6.07) is 5.24. The number of hydrogen-bond acceptors (Lipinski definition) is 2. The predicted molar refractivity (Wildman–Crippen MR) is 56.0 cm³/mol. The van der Waals surface area contributed by atoms with Crippen molar-refractivity contribution >= 4 is 5.97 Å². The molecular weight excluding hydrogens is 192 g/mol. The van der Waals surface area contributed by atoms with Gasteiger partial charge in [0.2, 0.25) is 0 Å². The Hall–Kier alpha value is -1.51. The molecule has 0 aliphatic heterocycles. The third-order valence-electron chi connectivity index (χ3n) is 3.27. The Morgan fingerprint density at radius 2 is 2.20 bits per heavy atom. The average Bonchev–Trinajstić information content (AvgIpc) is 2.19. The Kier molecular flexibility index (Phi) is 2.39. The van der Waals surface area contributed by atoms with Gasteiger partial charge in [-0.05, 0) is 42.0 Å². The highest BCUT2D eigenvalue weighted by molar-refractivity contribution is 5.72. The van der Waals surface area contributed by atoms with Crippen molar-refractivity contribution in [1.29, 1.82) is 0 Å². The van der Waals surface area contributed by atoms with E-state index in [4.69, 9.17) is 5.11 Å². The van der Waals surface area contributed by atoms with Gasteiger partial charge in [0, 0.05) is 0 Å². The molecule has 0 bridgehead atoms. The summed E-state index contributed by atoms with van der Waals surface area (Å²) >= 11 is 0. The number of aliphatic carboxylic acids is 1. The Bertz CT molecular complexity index is 398. The number of rotatable bonds is 1. The zero-order valence-corrected chi connectivity index (χ0v) is 8.60. The van der Waals surface area contributed by atoms with Crippen molar-refractivity contribution in [2.45, 2.75) is 25.7 Å². The predicted octanol–water partition coefficient (Wildman–Crippen LogP) is 2.14. The Morgan fingerprint density at radius 1 is 1.47 bits per heavy atom. The molecule has 2 N–H and O–H groups in total. The summed E-state index contributed by atoms with van der Waals surface area (Å²) in [5.41, 5.74) is 2.14. The first-order valence-corrected chi connectivity index (χ1v) is 5.14. The van der Waals surface area contributed by atoms with E-state index in [9.17, 15) is 9.90 Å². The zero-order chi connectivity index (χ0) is 11.0. The molecule has 0 aromatic heterocycles. The molecule has 3 heteroatoms. The lowest BCUT2D eigenvalue weighted by atomic mass is 9.76. The minimum absolute atomic E-state index is 0.0154. The summed E-state index contributed by atoms with van der Waals surface area (Å²) in [7, 11) is 0. The molecule has 1 aliphatic carbocycles. The van der Waals surface area contributed by atoms with Crippen LogP contribution in [0.5, 0.6) is 5.75 Å². The van der Waals surface area contributed by atoms with Crippen molar-refractivity contribution in [2.75, 3.05) is 0 Å². The zero-order valence-electron chi connectivity index (χ0n) is 8.60. The monoisotopic (exact) mass is 206 g/mol. The SMILES string of the molecule is CC1c2cc(O)ccc2CCC1C(=O)O. The van der Waals surface area contributed by atoms with Crippen molar-refractivity contribution in [1.82, 2.24) is 0 Å². The highest BCUT2D eigenvalue weighted by Gasteiger charge is 2.31. The lowest BCUT2D eigenvalue weighted by Gasteiger charge is -2.28. The lowest BCUT2D eigenvalue weighted by molar-refractivity contribution is -0.142. The molecular formula is C12H14O3. The number of hydrogen-bond donors (Lipinski definition) is 2. The lowest BCUT2D eigenvalue weighted by Crippen LogP contribution is -2.25. The molecule has 0 amide bonds. The van der Waals surface area contributed by atoms with E-state index in [2.05, 4.69) is 0 Å². The number of carboxylic acid groups (broad SMARTS) is 1. The Morgan fingerprint density at radius 3 is 2.87 bits per heavy atom. The van der Waals surface area contributed by atoms with Gasteiger partial charge in [-0.2, -0.15) is 0 Å². The summed E-state index contributed by atoms with van der Waals surface area (Å²) in [4.78, 5) is 11.0. The van der Waals surface area contributed by atoms with Crippen LogP contribution in [0.3, 0.4) is 0 Å². The van der Waals surface area contributed by atoms with Crippen molar-refractivity contribution in [3.05, 3.63) is 29.3 Å². The first kappa shape index (κ1) is 10.0. The Balaban J connectivity index is 2.40. The number of aryl methyl sites for hydroxylation is 1. The quantitative estimate of drug-likeness (QED) is 0.740. The van der Waals surface area contributed by atoms with Crippen molar-refractivity contribution in [2.24, 2.45) is 5.92 Å². The van der Waals surface area contributed by atoms with Gasteiger partial charge >= 0.3 is 5.97 Å². The number of benzene rings is 1. The van der Waals surface area contributed by atoms with Crippen LogP contribution in [0, 0.1) is 5.92 Å². The molecule has 0 fully saturated rings. The van der Waals surface area contributed by atoms with E-state index in [0.29, 0.717) is 6.42 Å². The molecule has 0 saturated heterocycles. The van der Waals surface area contributed by atoms with E-state index in [1.54, 1.807) is 12.1 Å². The van der Waals surface area contributed by atoms with Crippen LogP contribution in [0.25, 0.3) is 0 Å². The van der Waals surface area contributed by atoms with Gasteiger partial charge in [0.05, 0.1) is 5.92 Å². The minimum atomic E-state index is -0.739. The number of fused-ring (bicyclic) bond motifs is 1. The number of carbonyl (C=O) groups is 1. The van der Waals surface area contributed by atoms with Crippen LogP contribution in [-0.4, -0.2) is 16.2 Å². The van der Waals surface area contributed by atoms with E-state index in [-0.39, 0.29) is 17.6 Å². The van der Waals surface area contributed by atoms with Gasteiger partial charge in [-0.3, -0.25) is 4.79 Å². The smallest absolute Gasteiger partial charge is 0.307 e. The largest absolute Gasteiger partial charge is 0.508 e. The highest BCUT2D eigenvalue weighted by Crippen LogP contribution is 2.37. The molecule has 2 unspecified atom stereocenters. The van der Waals surface area contributed by atoms with Crippen LogP contribution in [0.1, 0.15) is 30.4 Å². The van der Waals surface area contributed by atoms with E-state index in [1.807, 2.05) is 13.0 Å². The first-order chi connectivity index (χ1) is 7.09. The van der Waals surface area contributed by atoms with Gasteiger partial charge in [-0.1, -0.05) is 13.0 Å². The van der Waals surface area contributed by atoms with E-state index in [1.165, 1.54) is 0 Å². The van der Waals surface area contributed by atoms with Crippen molar-refractivity contribution < 1.29 is 15.0 Å². The number of aromatic hydroxyl groups is 1. The van der Waals surface area contributed by atoms with Gasteiger partial charge in [-0.25, -0.2) is 0 Å². The molecule has 1 aliphatic rings. The standard InChI is InChI=1S/C12H14O3/c1-7-10(12(14)15)5-3-8-2-4-9(13)6-11(7)8/h2,4,6-7,10,13H,3,5H2,1H3,(H,14,15). The molecule has 0 saturated carbocycles. The molecule has 2 rings (SSSR count). The maximum atomic E-state index is 11.0. The second kappa shape index (κ2) is 3.57. The van der Waals surface area contributed by atoms with Gasteiger partial charge in [0.1, 0.15) is 5.75 Å². The maximum absolute atomic E-state index is 11.0. The fourth-order valence-corrected chi connectivity index (χ4v) is 2.35. The Labute approximate surface area is 88.4 Å². The number of phenols is 1. The van der Waals surface area contributed by atoms with Gasteiger partial charge in [0.15, 0.2) is 0 Å². The van der Waals surface area contributed by atoms with Crippen molar-refractivity contribution in [3.63, 3.8) is 0 Å². The third-order valence-corrected chi connectivity index (χ3v) is 3.27. The normalized spacial score (nSPS) is 24.6. The molecule has 3 nitrogen and oxygen atoms in total. The first-order valence-electron chi connectivity index (χ1n) is 5.14. The maximum Gasteiger partial charge on any atom is 0.307 e. The van der Waals surface area contributed by atoms with Crippen molar-refractivity contribution in [3.8, 4) is 5.75 Å². The van der Waals surface area contributed by atoms with E-state index in [0.717, 1.165) is 17.5 Å².